The molecular formula is C19H18ClN5O2. The van der Waals surface area contributed by atoms with Crippen LogP contribution in [0.25, 0.3) is 16.9 Å². The van der Waals surface area contributed by atoms with E-state index in [-0.39, 0.29) is 17.7 Å². The zero-order valence-electron chi connectivity index (χ0n) is 14.5. The van der Waals surface area contributed by atoms with Crippen LogP contribution in [0.3, 0.4) is 0 Å². The highest BCUT2D eigenvalue weighted by atomic mass is 35.5. The number of rotatable bonds is 5. The van der Waals surface area contributed by atoms with Crippen molar-refractivity contribution >= 4 is 17.5 Å². The predicted octanol–water partition coefficient (Wildman–Crippen LogP) is 2.89. The normalized spacial score (nSPS) is 16.4. The molecule has 3 heterocycles. The van der Waals surface area contributed by atoms with Crippen LogP contribution in [0.4, 0.5) is 0 Å². The fourth-order valence-corrected chi connectivity index (χ4v) is 3.31. The molecule has 0 bridgehead atoms. The second-order valence-corrected chi connectivity index (χ2v) is 6.64. The number of halogens is 1. The molecule has 27 heavy (non-hydrogen) atoms. The molecule has 138 valence electrons. The van der Waals surface area contributed by atoms with Gasteiger partial charge >= 0.3 is 0 Å². The van der Waals surface area contributed by atoms with E-state index < -0.39 is 0 Å². The van der Waals surface area contributed by atoms with E-state index in [4.69, 9.17) is 16.3 Å². The van der Waals surface area contributed by atoms with Gasteiger partial charge in [-0.2, -0.15) is 0 Å². The summed E-state index contributed by atoms with van der Waals surface area (Å²) in [6.45, 7) is 1.19. The third-order valence-electron chi connectivity index (χ3n) is 4.43. The number of aromatic nitrogens is 4. The van der Waals surface area contributed by atoms with Crippen LogP contribution in [-0.2, 0) is 4.74 Å². The average Bonchev–Trinajstić information content (AvgIpc) is 3.37. The molecule has 7 nitrogen and oxygen atoms in total. The standard InChI is InChI=1S/C19H18ClN5O2/c20-15-5-1-2-6-16(15)25-18(13-7-9-21-10-8-13)17(23-24-25)19(26)22-12-14-4-3-11-27-14/h1-2,5-10,14H,3-4,11-12H2,(H,22,26). The highest BCUT2D eigenvalue weighted by Gasteiger charge is 2.24. The highest BCUT2D eigenvalue weighted by Crippen LogP contribution is 2.28. The van der Waals surface area contributed by atoms with Crippen LogP contribution in [0.5, 0.6) is 0 Å². The first-order valence-corrected chi connectivity index (χ1v) is 9.12. The van der Waals surface area contributed by atoms with Crippen LogP contribution in [-0.4, -0.2) is 45.1 Å². The summed E-state index contributed by atoms with van der Waals surface area (Å²) in [5.74, 6) is -0.296. The molecule has 2 aromatic heterocycles. The first-order valence-electron chi connectivity index (χ1n) is 8.75. The lowest BCUT2D eigenvalue weighted by Gasteiger charge is -2.12. The lowest BCUT2D eigenvalue weighted by Crippen LogP contribution is -2.32. The molecule has 0 spiro atoms. The number of carbonyl (C=O) groups excluding carboxylic acids is 1. The summed E-state index contributed by atoms with van der Waals surface area (Å²) in [5.41, 5.74) is 2.23. The zero-order chi connectivity index (χ0) is 18.6. The maximum atomic E-state index is 12.8. The van der Waals surface area contributed by atoms with Crippen molar-refractivity contribution in [2.75, 3.05) is 13.2 Å². The quantitative estimate of drug-likeness (QED) is 0.732. The monoisotopic (exact) mass is 383 g/mol. The van der Waals surface area contributed by atoms with Gasteiger partial charge < -0.3 is 10.1 Å². The fourth-order valence-electron chi connectivity index (χ4n) is 3.09. The summed E-state index contributed by atoms with van der Waals surface area (Å²) in [6.07, 6.45) is 5.34. The molecule has 1 amide bonds. The number of nitrogens with zero attached hydrogens (tertiary/aromatic N) is 4. The highest BCUT2D eigenvalue weighted by molar-refractivity contribution is 6.32. The van der Waals surface area contributed by atoms with Gasteiger partial charge in [0.1, 0.15) is 5.69 Å². The second kappa shape index (κ2) is 7.85. The minimum absolute atomic E-state index is 0.0527. The fraction of sp³-hybridized carbons (Fsp3) is 0.263. The van der Waals surface area contributed by atoms with Crippen molar-refractivity contribution in [3.8, 4) is 16.9 Å². The molecule has 1 fully saturated rings. The molecule has 3 aromatic rings. The summed E-state index contributed by atoms with van der Waals surface area (Å²) < 4.78 is 7.14. The molecule has 0 aliphatic carbocycles. The van der Waals surface area contributed by atoms with E-state index in [0.717, 1.165) is 25.0 Å². The SMILES string of the molecule is O=C(NCC1CCCO1)c1nnn(-c2ccccc2Cl)c1-c1ccncc1. The minimum atomic E-state index is -0.296. The Hall–Kier alpha value is -2.77. The number of pyridine rings is 1. The second-order valence-electron chi connectivity index (χ2n) is 6.23. The Morgan fingerprint density at radius 3 is 2.81 bits per heavy atom. The molecule has 1 aliphatic rings. The predicted molar refractivity (Wildman–Crippen MR) is 101 cm³/mol. The van der Waals surface area contributed by atoms with Crippen molar-refractivity contribution in [1.29, 1.82) is 0 Å². The Kier molecular flexibility index (Phi) is 5.13. The smallest absolute Gasteiger partial charge is 0.274 e. The average molecular weight is 384 g/mol. The van der Waals surface area contributed by atoms with Crippen molar-refractivity contribution in [1.82, 2.24) is 25.3 Å². The van der Waals surface area contributed by atoms with Crippen LogP contribution < -0.4 is 5.32 Å². The Bertz CT molecular complexity index is 938. The molecule has 1 aliphatic heterocycles. The Morgan fingerprint density at radius 2 is 2.07 bits per heavy atom. The van der Waals surface area contributed by atoms with Gasteiger partial charge in [-0.3, -0.25) is 9.78 Å². The number of carbonyl (C=O) groups is 1. The maximum absolute atomic E-state index is 12.8. The number of para-hydroxylation sites is 1. The van der Waals surface area contributed by atoms with E-state index in [9.17, 15) is 4.79 Å². The van der Waals surface area contributed by atoms with Gasteiger partial charge in [-0.1, -0.05) is 28.9 Å². The van der Waals surface area contributed by atoms with Crippen molar-refractivity contribution in [2.45, 2.75) is 18.9 Å². The number of hydrogen-bond donors (Lipinski definition) is 1. The Morgan fingerprint density at radius 1 is 1.26 bits per heavy atom. The van der Waals surface area contributed by atoms with Crippen molar-refractivity contribution in [3.63, 3.8) is 0 Å². The van der Waals surface area contributed by atoms with Crippen LogP contribution >= 0.6 is 11.6 Å². The molecule has 1 N–H and O–H groups in total. The summed E-state index contributed by atoms with van der Waals surface area (Å²) in [5, 5.41) is 11.8. The molecule has 1 saturated heterocycles. The van der Waals surface area contributed by atoms with Gasteiger partial charge in [0.15, 0.2) is 5.69 Å². The van der Waals surface area contributed by atoms with Gasteiger partial charge in [0.2, 0.25) is 0 Å². The van der Waals surface area contributed by atoms with Gasteiger partial charge in [0, 0.05) is 31.1 Å². The number of hydrogen-bond acceptors (Lipinski definition) is 5. The summed E-state index contributed by atoms with van der Waals surface area (Å²) in [6, 6.07) is 10.9. The van der Waals surface area contributed by atoms with E-state index >= 15 is 0 Å². The lowest BCUT2D eigenvalue weighted by atomic mass is 10.1. The first kappa shape index (κ1) is 17.6. The third kappa shape index (κ3) is 3.70. The van der Waals surface area contributed by atoms with Gasteiger partial charge in [-0.05, 0) is 37.1 Å². The van der Waals surface area contributed by atoms with E-state index in [1.807, 2.05) is 30.3 Å². The van der Waals surface area contributed by atoms with Crippen molar-refractivity contribution in [3.05, 3.63) is 59.5 Å². The Labute approximate surface area is 161 Å². The molecule has 0 saturated carbocycles. The topological polar surface area (TPSA) is 81.9 Å². The third-order valence-corrected chi connectivity index (χ3v) is 4.75. The van der Waals surface area contributed by atoms with Crippen LogP contribution in [0, 0.1) is 0 Å². The van der Waals surface area contributed by atoms with E-state index in [1.54, 1.807) is 23.1 Å². The maximum Gasteiger partial charge on any atom is 0.274 e. The van der Waals surface area contributed by atoms with E-state index in [2.05, 4.69) is 20.6 Å². The van der Waals surface area contributed by atoms with Crippen LogP contribution in [0.2, 0.25) is 5.02 Å². The van der Waals surface area contributed by atoms with Crippen LogP contribution in [0.15, 0.2) is 48.8 Å². The number of amides is 1. The van der Waals surface area contributed by atoms with Crippen molar-refractivity contribution < 1.29 is 9.53 Å². The van der Waals surface area contributed by atoms with Gasteiger partial charge in [0.25, 0.3) is 5.91 Å². The molecule has 1 atom stereocenters. The lowest BCUT2D eigenvalue weighted by molar-refractivity contribution is 0.0854. The molecule has 1 unspecified atom stereocenters. The van der Waals surface area contributed by atoms with E-state index in [1.165, 1.54) is 0 Å². The summed E-state index contributed by atoms with van der Waals surface area (Å²) >= 11 is 6.34. The zero-order valence-corrected chi connectivity index (χ0v) is 15.3. The Balaban J connectivity index is 1.71. The minimum Gasteiger partial charge on any atom is -0.376 e. The molecule has 8 heteroatoms. The van der Waals surface area contributed by atoms with Crippen LogP contribution in [0.1, 0.15) is 23.3 Å². The molecule has 1 aromatic carbocycles. The summed E-state index contributed by atoms with van der Waals surface area (Å²) in [4.78, 5) is 16.8. The number of ether oxygens (including phenoxy) is 1. The molecule has 4 rings (SSSR count). The van der Waals surface area contributed by atoms with Gasteiger partial charge in [0.05, 0.1) is 16.8 Å². The first-order chi connectivity index (χ1) is 13.2. The van der Waals surface area contributed by atoms with Gasteiger partial charge in [-0.25, -0.2) is 4.68 Å². The molecule has 0 radical (unpaired) electrons. The van der Waals surface area contributed by atoms with Crippen molar-refractivity contribution in [2.24, 2.45) is 0 Å². The number of nitrogens with one attached hydrogen (secondary N) is 1. The number of benzene rings is 1. The summed E-state index contributed by atoms with van der Waals surface area (Å²) in [7, 11) is 0. The molecular weight excluding hydrogens is 366 g/mol. The van der Waals surface area contributed by atoms with E-state index in [0.29, 0.717) is 22.9 Å². The van der Waals surface area contributed by atoms with Gasteiger partial charge in [-0.15, -0.1) is 5.10 Å². The largest absolute Gasteiger partial charge is 0.376 e.